The van der Waals surface area contributed by atoms with Crippen molar-refractivity contribution in [2.24, 2.45) is 11.7 Å². The van der Waals surface area contributed by atoms with Crippen LogP contribution in [0.1, 0.15) is 31.2 Å². The van der Waals surface area contributed by atoms with Gasteiger partial charge >= 0.3 is 0 Å². The maximum Gasteiger partial charge on any atom is 0.0547 e. The minimum Gasteiger partial charge on any atom is -0.325 e. The first kappa shape index (κ1) is 11.6. The van der Waals surface area contributed by atoms with E-state index >= 15 is 0 Å². The lowest BCUT2D eigenvalue weighted by molar-refractivity contribution is 0.265. The molecule has 88 valence electrons. The third-order valence-corrected chi connectivity index (χ3v) is 3.12. The van der Waals surface area contributed by atoms with Crippen LogP contribution in [0.25, 0.3) is 0 Å². The summed E-state index contributed by atoms with van der Waals surface area (Å²) in [6, 6.07) is 6.13. The van der Waals surface area contributed by atoms with Gasteiger partial charge in [0.1, 0.15) is 0 Å². The van der Waals surface area contributed by atoms with Crippen LogP contribution in [0.4, 0.5) is 0 Å². The lowest BCUT2D eigenvalue weighted by Gasteiger charge is -2.19. The van der Waals surface area contributed by atoms with E-state index in [1.54, 1.807) is 0 Å². The van der Waals surface area contributed by atoms with Crippen molar-refractivity contribution < 1.29 is 0 Å². The van der Waals surface area contributed by atoms with E-state index in [0.717, 1.165) is 30.4 Å². The second-order valence-electron chi connectivity index (χ2n) is 4.60. The Morgan fingerprint density at radius 3 is 2.75 bits per heavy atom. The number of hydrogen-bond acceptors (Lipinski definition) is 3. The molecule has 0 aromatic carbocycles. The second kappa shape index (κ2) is 5.41. The van der Waals surface area contributed by atoms with E-state index < -0.39 is 0 Å². The van der Waals surface area contributed by atoms with E-state index in [2.05, 4.69) is 28.9 Å². The summed E-state index contributed by atoms with van der Waals surface area (Å²) in [5.41, 5.74) is 7.73. The molecule has 3 heteroatoms. The van der Waals surface area contributed by atoms with Crippen LogP contribution in [-0.2, 0) is 13.1 Å². The molecule has 0 radical (unpaired) electrons. The molecule has 1 aromatic heterocycles. The molecule has 3 nitrogen and oxygen atoms in total. The van der Waals surface area contributed by atoms with Crippen molar-refractivity contribution in [1.29, 1.82) is 0 Å². The fourth-order valence-electron chi connectivity index (χ4n) is 1.93. The van der Waals surface area contributed by atoms with Crippen molar-refractivity contribution in [2.75, 3.05) is 13.1 Å². The number of nitrogens with zero attached hydrogens (tertiary/aromatic N) is 2. The average molecular weight is 219 g/mol. The van der Waals surface area contributed by atoms with E-state index in [1.165, 1.54) is 19.4 Å². The third kappa shape index (κ3) is 3.29. The summed E-state index contributed by atoms with van der Waals surface area (Å²) in [7, 11) is 0. The van der Waals surface area contributed by atoms with Gasteiger partial charge in [0.25, 0.3) is 0 Å². The quantitative estimate of drug-likeness (QED) is 0.793. The standard InChI is InChI=1S/C13H21N3/c1-2-16(9-11-6-7-11)10-13-5-3-4-12(8-14)15-13/h3-5,11H,2,6-10,14H2,1H3. The Balaban J connectivity index is 1.94. The molecule has 0 atom stereocenters. The molecule has 1 saturated carbocycles. The monoisotopic (exact) mass is 219 g/mol. The van der Waals surface area contributed by atoms with Gasteiger partial charge in [-0.1, -0.05) is 13.0 Å². The molecule has 1 aliphatic carbocycles. The normalized spacial score (nSPS) is 15.7. The lowest BCUT2D eigenvalue weighted by Crippen LogP contribution is -2.25. The molecule has 16 heavy (non-hydrogen) atoms. The average Bonchev–Trinajstić information content (AvgIpc) is 3.12. The zero-order valence-electron chi connectivity index (χ0n) is 10.0. The molecule has 1 aliphatic rings. The maximum absolute atomic E-state index is 5.60. The van der Waals surface area contributed by atoms with E-state index in [0.29, 0.717) is 6.54 Å². The summed E-state index contributed by atoms with van der Waals surface area (Å²) in [6.45, 7) is 6.04. The second-order valence-corrected chi connectivity index (χ2v) is 4.60. The molecular formula is C13H21N3. The van der Waals surface area contributed by atoms with Gasteiger partial charge in [-0.3, -0.25) is 9.88 Å². The minimum atomic E-state index is 0.530. The van der Waals surface area contributed by atoms with Gasteiger partial charge in [-0.15, -0.1) is 0 Å². The highest BCUT2D eigenvalue weighted by atomic mass is 15.1. The zero-order chi connectivity index (χ0) is 11.4. The molecular weight excluding hydrogens is 198 g/mol. The summed E-state index contributed by atoms with van der Waals surface area (Å²) in [4.78, 5) is 7.01. The van der Waals surface area contributed by atoms with Crippen molar-refractivity contribution in [2.45, 2.75) is 32.9 Å². The molecule has 0 aliphatic heterocycles. The van der Waals surface area contributed by atoms with Crippen LogP contribution in [-0.4, -0.2) is 23.0 Å². The number of nitrogens with two attached hydrogens (primary N) is 1. The van der Waals surface area contributed by atoms with Crippen LogP contribution in [0.3, 0.4) is 0 Å². The molecule has 2 rings (SSSR count). The fourth-order valence-corrected chi connectivity index (χ4v) is 1.93. The van der Waals surface area contributed by atoms with Crippen LogP contribution in [0.2, 0.25) is 0 Å². The molecule has 2 N–H and O–H groups in total. The molecule has 1 fully saturated rings. The van der Waals surface area contributed by atoms with Gasteiger partial charge in [-0.05, 0) is 37.4 Å². The Hall–Kier alpha value is -0.930. The van der Waals surface area contributed by atoms with Crippen molar-refractivity contribution >= 4 is 0 Å². The van der Waals surface area contributed by atoms with Crippen molar-refractivity contribution in [3.8, 4) is 0 Å². The highest BCUT2D eigenvalue weighted by molar-refractivity contribution is 5.11. The van der Waals surface area contributed by atoms with Crippen molar-refractivity contribution in [3.63, 3.8) is 0 Å². The molecule has 1 heterocycles. The summed E-state index contributed by atoms with van der Waals surface area (Å²) < 4.78 is 0. The van der Waals surface area contributed by atoms with Gasteiger partial charge < -0.3 is 5.73 Å². The summed E-state index contributed by atoms with van der Waals surface area (Å²) >= 11 is 0. The van der Waals surface area contributed by atoms with Crippen molar-refractivity contribution in [1.82, 2.24) is 9.88 Å². The highest BCUT2D eigenvalue weighted by Gasteiger charge is 2.23. The third-order valence-electron chi connectivity index (χ3n) is 3.12. The predicted octanol–water partition coefficient (Wildman–Crippen LogP) is 1.77. The first-order valence-electron chi connectivity index (χ1n) is 6.19. The first-order chi connectivity index (χ1) is 7.81. The number of pyridine rings is 1. The first-order valence-corrected chi connectivity index (χ1v) is 6.19. The largest absolute Gasteiger partial charge is 0.325 e. The van der Waals surface area contributed by atoms with E-state index in [-0.39, 0.29) is 0 Å². The van der Waals surface area contributed by atoms with E-state index in [4.69, 9.17) is 5.73 Å². The Morgan fingerprint density at radius 2 is 2.12 bits per heavy atom. The SMILES string of the molecule is CCN(Cc1cccc(CN)n1)CC1CC1. The molecule has 0 unspecified atom stereocenters. The predicted molar refractivity (Wildman–Crippen MR) is 65.8 cm³/mol. The van der Waals surface area contributed by atoms with Gasteiger partial charge in [-0.2, -0.15) is 0 Å². The summed E-state index contributed by atoms with van der Waals surface area (Å²) in [5.74, 6) is 0.942. The maximum atomic E-state index is 5.60. The van der Waals surface area contributed by atoms with E-state index in [1.807, 2.05) is 6.07 Å². The van der Waals surface area contributed by atoms with E-state index in [9.17, 15) is 0 Å². The zero-order valence-corrected chi connectivity index (χ0v) is 10.0. The smallest absolute Gasteiger partial charge is 0.0547 e. The molecule has 0 spiro atoms. The van der Waals surface area contributed by atoms with Gasteiger partial charge in [0.2, 0.25) is 0 Å². The van der Waals surface area contributed by atoms with Gasteiger partial charge in [-0.25, -0.2) is 0 Å². The summed E-state index contributed by atoms with van der Waals surface area (Å²) in [6.07, 6.45) is 2.82. The molecule has 1 aromatic rings. The van der Waals surface area contributed by atoms with Crippen LogP contribution in [0.15, 0.2) is 18.2 Å². The minimum absolute atomic E-state index is 0.530. The molecule has 0 saturated heterocycles. The number of aromatic nitrogens is 1. The van der Waals surface area contributed by atoms with Gasteiger partial charge in [0.15, 0.2) is 0 Å². The molecule has 0 amide bonds. The topological polar surface area (TPSA) is 42.1 Å². The van der Waals surface area contributed by atoms with Crippen LogP contribution >= 0.6 is 0 Å². The summed E-state index contributed by atoms with van der Waals surface area (Å²) in [5, 5.41) is 0. The van der Waals surface area contributed by atoms with Crippen LogP contribution < -0.4 is 5.73 Å². The Morgan fingerprint density at radius 1 is 1.38 bits per heavy atom. The lowest BCUT2D eigenvalue weighted by atomic mass is 10.2. The fraction of sp³-hybridized carbons (Fsp3) is 0.615. The Labute approximate surface area is 97.7 Å². The van der Waals surface area contributed by atoms with Crippen LogP contribution in [0.5, 0.6) is 0 Å². The number of hydrogen-bond donors (Lipinski definition) is 1. The van der Waals surface area contributed by atoms with Crippen LogP contribution in [0, 0.1) is 5.92 Å². The van der Waals surface area contributed by atoms with Gasteiger partial charge in [0.05, 0.1) is 11.4 Å². The Bertz CT molecular complexity index is 334. The van der Waals surface area contributed by atoms with Gasteiger partial charge in [0, 0.05) is 19.6 Å². The Kier molecular flexibility index (Phi) is 3.91. The number of rotatable bonds is 6. The highest BCUT2D eigenvalue weighted by Crippen LogP contribution is 2.29. The molecule has 0 bridgehead atoms. The van der Waals surface area contributed by atoms with Crippen molar-refractivity contribution in [3.05, 3.63) is 29.6 Å².